The summed E-state index contributed by atoms with van der Waals surface area (Å²) in [6, 6.07) is 2.01. The molecule has 7 nitrogen and oxygen atoms in total. The number of nitrogens with zero attached hydrogens (tertiary/aromatic N) is 5. The Morgan fingerprint density at radius 3 is 2.75 bits per heavy atom. The first kappa shape index (κ1) is 21.2. The fourth-order valence-corrected chi connectivity index (χ4v) is 2.80. The fraction of sp³-hybridized carbons (Fsp3) is 0.750. The Kier molecular flexibility index (Phi) is 10.3. The molecule has 1 fully saturated rings. The molecule has 0 radical (unpaired) electrons. The van der Waals surface area contributed by atoms with E-state index in [2.05, 4.69) is 37.6 Å². The summed E-state index contributed by atoms with van der Waals surface area (Å²) in [6.07, 6.45) is 4.22. The fourth-order valence-electron chi connectivity index (χ4n) is 2.80. The third kappa shape index (κ3) is 7.35. The smallest absolute Gasteiger partial charge is 0.191 e. The molecule has 0 aromatic carbocycles. The Morgan fingerprint density at radius 1 is 1.21 bits per heavy atom. The van der Waals surface area contributed by atoms with E-state index in [0.717, 1.165) is 37.7 Å². The quantitative estimate of drug-likeness (QED) is 0.290. The van der Waals surface area contributed by atoms with E-state index in [-0.39, 0.29) is 24.0 Å². The van der Waals surface area contributed by atoms with Crippen LogP contribution in [0.25, 0.3) is 0 Å². The molecule has 0 unspecified atom stereocenters. The van der Waals surface area contributed by atoms with Gasteiger partial charge in [0, 0.05) is 39.9 Å². The third-order valence-corrected chi connectivity index (χ3v) is 4.34. The second kappa shape index (κ2) is 11.6. The summed E-state index contributed by atoms with van der Waals surface area (Å²) in [6.45, 7) is 7.63. The van der Waals surface area contributed by atoms with Crippen molar-refractivity contribution in [3.8, 4) is 0 Å². The highest BCUT2D eigenvalue weighted by Crippen LogP contribution is 2.01. The van der Waals surface area contributed by atoms with Gasteiger partial charge in [-0.25, -0.2) is 0 Å². The molecule has 24 heavy (non-hydrogen) atoms. The topological polar surface area (TPSA) is 60.7 Å². The largest absolute Gasteiger partial charge is 0.356 e. The zero-order valence-electron chi connectivity index (χ0n) is 15.2. The van der Waals surface area contributed by atoms with Crippen LogP contribution in [0, 0.1) is 0 Å². The summed E-state index contributed by atoms with van der Waals surface area (Å²) in [7, 11) is 5.97. The monoisotopic (exact) mass is 449 g/mol. The van der Waals surface area contributed by atoms with Crippen LogP contribution in [0.5, 0.6) is 0 Å². The van der Waals surface area contributed by atoms with Gasteiger partial charge >= 0.3 is 0 Å². The average molecular weight is 449 g/mol. The van der Waals surface area contributed by atoms with Gasteiger partial charge < -0.3 is 20.4 Å². The van der Waals surface area contributed by atoms with Crippen LogP contribution in [0.3, 0.4) is 0 Å². The van der Waals surface area contributed by atoms with Gasteiger partial charge in [0.1, 0.15) is 0 Å². The van der Waals surface area contributed by atoms with Crippen molar-refractivity contribution >= 4 is 29.9 Å². The summed E-state index contributed by atoms with van der Waals surface area (Å²) in [4.78, 5) is 9.26. The normalized spacial score (nSPS) is 17.2. The Hall–Kier alpha value is -0.870. The maximum absolute atomic E-state index is 4.27. The van der Waals surface area contributed by atoms with Gasteiger partial charge in [-0.15, -0.1) is 24.0 Å². The molecule has 1 saturated heterocycles. The highest BCUT2D eigenvalue weighted by atomic mass is 127. The number of aliphatic imine (C=N–C) groups is 1. The minimum Gasteiger partial charge on any atom is -0.356 e. The first-order valence-electron chi connectivity index (χ1n) is 8.51. The molecular formula is C16H32IN7. The van der Waals surface area contributed by atoms with Crippen molar-refractivity contribution < 1.29 is 0 Å². The summed E-state index contributed by atoms with van der Waals surface area (Å²) < 4.78 is 1.87. The number of aromatic nitrogens is 2. The lowest BCUT2D eigenvalue weighted by atomic mass is 10.3. The standard InChI is InChI=1S/C16H31N7.HI/c1-17-16(19-14-15-6-8-20-22(15)3)18-7-4-10-23-11-5-9-21(2)12-13-23;/h6,8H,4-5,7,9-14H2,1-3H3,(H2,17,18,19);1H. The summed E-state index contributed by atoms with van der Waals surface area (Å²) >= 11 is 0. The van der Waals surface area contributed by atoms with Crippen LogP contribution in [0.4, 0.5) is 0 Å². The van der Waals surface area contributed by atoms with Crippen molar-refractivity contribution in [3.63, 3.8) is 0 Å². The van der Waals surface area contributed by atoms with E-state index in [4.69, 9.17) is 0 Å². The average Bonchev–Trinajstić information content (AvgIpc) is 2.84. The lowest BCUT2D eigenvalue weighted by Gasteiger charge is -2.20. The number of hydrogen-bond acceptors (Lipinski definition) is 4. The van der Waals surface area contributed by atoms with Gasteiger partial charge in [0.05, 0.1) is 12.2 Å². The van der Waals surface area contributed by atoms with Crippen LogP contribution in [0.2, 0.25) is 0 Å². The molecule has 2 N–H and O–H groups in total. The lowest BCUT2D eigenvalue weighted by molar-refractivity contribution is 0.274. The molecule has 1 aromatic rings. The van der Waals surface area contributed by atoms with Crippen LogP contribution < -0.4 is 10.6 Å². The second-order valence-electron chi connectivity index (χ2n) is 6.15. The molecule has 1 aromatic heterocycles. The zero-order valence-corrected chi connectivity index (χ0v) is 17.5. The van der Waals surface area contributed by atoms with E-state index >= 15 is 0 Å². The number of aryl methyl sites for hydroxylation is 1. The van der Waals surface area contributed by atoms with Crippen LogP contribution >= 0.6 is 24.0 Å². The van der Waals surface area contributed by atoms with Crippen LogP contribution in [-0.2, 0) is 13.6 Å². The number of hydrogen-bond donors (Lipinski definition) is 2. The van der Waals surface area contributed by atoms with Gasteiger partial charge in [-0.3, -0.25) is 9.67 Å². The van der Waals surface area contributed by atoms with Crippen molar-refractivity contribution in [2.75, 3.05) is 53.4 Å². The number of halogens is 1. The SMILES string of the molecule is CN=C(NCCCN1CCCN(C)CC1)NCc1ccnn1C.I. The van der Waals surface area contributed by atoms with Crippen LogP contribution in [0.1, 0.15) is 18.5 Å². The molecule has 0 amide bonds. The maximum atomic E-state index is 4.27. The Bertz CT molecular complexity index is 489. The Labute approximate surface area is 162 Å². The Balaban J connectivity index is 0.00000288. The first-order chi connectivity index (χ1) is 11.2. The molecule has 0 aliphatic carbocycles. The molecule has 0 atom stereocenters. The molecular weight excluding hydrogens is 417 g/mol. The van der Waals surface area contributed by atoms with Gasteiger partial charge in [-0.05, 0) is 45.6 Å². The maximum Gasteiger partial charge on any atom is 0.191 e. The molecule has 2 rings (SSSR count). The van der Waals surface area contributed by atoms with Crippen molar-refractivity contribution in [2.24, 2.45) is 12.0 Å². The predicted octanol–water partition coefficient (Wildman–Crippen LogP) is 0.731. The van der Waals surface area contributed by atoms with Gasteiger partial charge in [-0.1, -0.05) is 0 Å². The van der Waals surface area contributed by atoms with Gasteiger partial charge in [0.15, 0.2) is 5.96 Å². The molecule has 1 aliphatic rings. The number of likely N-dealkylation sites (N-methyl/N-ethyl adjacent to an activating group) is 1. The van der Waals surface area contributed by atoms with Gasteiger partial charge in [-0.2, -0.15) is 5.10 Å². The van der Waals surface area contributed by atoms with Crippen molar-refractivity contribution in [1.29, 1.82) is 0 Å². The zero-order chi connectivity index (χ0) is 16.5. The summed E-state index contributed by atoms with van der Waals surface area (Å²) in [5.41, 5.74) is 1.14. The van der Waals surface area contributed by atoms with Gasteiger partial charge in [0.25, 0.3) is 0 Å². The molecule has 138 valence electrons. The Morgan fingerprint density at radius 2 is 2.04 bits per heavy atom. The van der Waals surface area contributed by atoms with Gasteiger partial charge in [0.2, 0.25) is 0 Å². The minimum absolute atomic E-state index is 0. The number of nitrogens with one attached hydrogen (secondary N) is 2. The van der Waals surface area contributed by atoms with E-state index in [1.807, 2.05) is 31.0 Å². The van der Waals surface area contributed by atoms with Crippen molar-refractivity contribution in [2.45, 2.75) is 19.4 Å². The number of guanidine groups is 1. The highest BCUT2D eigenvalue weighted by molar-refractivity contribution is 14.0. The lowest BCUT2D eigenvalue weighted by Crippen LogP contribution is -2.39. The molecule has 2 heterocycles. The van der Waals surface area contributed by atoms with E-state index in [1.165, 1.54) is 32.6 Å². The highest BCUT2D eigenvalue weighted by Gasteiger charge is 2.11. The first-order valence-corrected chi connectivity index (χ1v) is 8.51. The molecule has 8 heteroatoms. The van der Waals surface area contributed by atoms with Crippen LogP contribution in [0.15, 0.2) is 17.3 Å². The summed E-state index contributed by atoms with van der Waals surface area (Å²) in [5, 5.41) is 10.9. The third-order valence-electron chi connectivity index (χ3n) is 4.34. The van der Waals surface area contributed by atoms with Crippen LogP contribution in [-0.4, -0.2) is 78.9 Å². The van der Waals surface area contributed by atoms with Crippen molar-refractivity contribution in [3.05, 3.63) is 18.0 Å². The molecule has 1 aliphatic heterocycles. The second-order valence-corrected chi connectivity index (χ2v) is 6.15. The molecule has 0 spiro atoms. The molecule has 0 saturated carbocycles. The van der Waals surface area contributed by atoms with E-state index < -0.39 is 0 Å². The minimum atomic E-state index is 0. The number of rotatable bonds is 6. The predicted molar refractivity (Wildman–Crippen MR) is 110 cm³/mol. The van der Waals surface area contributed by atoms with Crippen molar-refractivity contribution in [1.82, 2.24) is 30.2 Å². The van der Waals surface area contributed by atoms with E-state index in [9.17, 15) is 0 Å². The van der Waals surface area contributed by atoms with E-state index in [1.54, 1.807) is 0 Å². The van der Waals surface area contributed by atoms with E-state index in [0.29, 0.717) is 0 Å². The molecule has 0 bridgehead atoms. The summed E-state index contributed by atoms with van der Waals surface area (Å²) in [5.74, 6) is 0.849.